The summed E-state index contributed by atoms with van der Waals surface area (Å²) in [6.07, 6.45) is 2.48. The Labute approximate surface area is 147 Å². The molecule has 3 heterocycles. The molecular formula is C16H18BrN3O4. The Morgan fingerprint density at radius 2 is 2.38 bits per heavy atom. The molecule has 1 N–H and O–H groups in total. The van der Waals surface area contributed by atoms with Gasteiger partial charge in [-0.3, -0.25) is 0 Å². The standard InChI is InChI=1S/C16H18BrN3O4/c1-22-11-2-3-13(17)10(6-11)7-20-8-14(18-19-20)16(21)5-4-12-9-23-15(16)24-12/h2-3,6,8,12,15,21H,4-5,7,9H2,1H3/t12-,15+,16?/m0/s1. The Balaban J connectivity index is 1.57. The molecule has 8 heteroatoms. The van der Waals surface area contributed by atoms with E-state index in [1.165, 1.54) is 0 Å². The third-order valence-electron chi connectivity index (χ3n) is 4.55. The molecule has 1 unspecified atom stereocenters. The van der Waals surface area contributed by atoms with Gasteiger partial charge in [0.25, 0.3) is 0 Å². The van der Waals surface area contributed by atoms with E-state index in [4.69, 9.17) is 14.2 Å². The molecular weight excluding hydrogens is 378 g/mol. The Bertz CT molecular complexity index is 753. The molecule has 0 spiro atoms. The van der Waals surface area contributed by atoms with Gasteiger partial charge in [-0.15, -0.1) is 5.10 Å². The number of halogens is 1. The smallest absolute Gasteiger partial charge is 0.192 e. The summed E-state index contributed by atoms with van der Waals surface area (Å²) in [5.41, 5.74) is 0.248. The molecule has 1 aromatic carbocycles. The minimum atomic E-state index is -1.24. The molecule has 3 atom stereocenters. The quantitative estimate of drug-likeness (QED) is 0.850. The van der Waals surface area contributed by atoms with E-state index in [2.05, 4.69) is 26.2 Å². The van der Waals surface area contributed by atoms with Gasteiger partial charge in [-0.1, -0.05) is 21.1 Å². The second-order valence-corrected chi connectivity index (χ2v) is 7.00. The molecule has 0 amide bonds. The van der Waals surface area contributed by atoms with Crippen molar-refractivity contribution < 1.29 is 19.3 Å². The van der Waals surface area contributed by atoms with E-state index in [-0.39, 0.29) is 6.10 Å². The minimum absolute atomic E-state index is 0.0815. The Morgan fingerprint density at radius 3 is 3.21 bits per heavy atom. The lowest BCUT2D eigenvalue weighted by atomic mass is 9.90. The number of ether oxygens (including phenoxy) is 3. The monoisotopic (exact) mass is 395 g/mol. The van der Waals surface area contributed by atoms with Crippen molar-refractivity contribution in [3.05, 3.63) is 40.1 Å². The molecule has 24 heavy (non-hydrogen) atoms. The summed E-state index contributed by atoms with van der Waals surface area (Å²) in [6, 6.07) is 5.76. The molecule has 0 saturated carbocycles. The predicted octanol–water partition coefficient (Wildman–Crippen LogP) is 1.82. The first kappa shape index (κ1) is 16.0. The van der Waals surface area contributed by atoms with E-state index >= 15 is 0 Å². The number of aliphatic hydroxyl groups is 1. The largest absolute Gasteiger partial charge is 0.497 e. The van der Waals surface area contributed by atoms with Gasteiger partial charge < -0.3 is 19.3 Å². The van der Waals surface area contributed by atoms with Gasteiger partial charge in [0.05, 0.1) is 32.6 Å². The highest BCUT2D eigenvalue weighted by molar-refractivity contribution is 9.10. The van der Waals surface area contributed by atoms with Crippen LogP contribution in [0.25, 0.3) is 0 Å². The summed E-state index contributed by atoms with van der Waals surface area (Å²) in [5, 5.41) is 19.2. The molecule has 2 aliphatic rings. The fraction of sp³-hybridized carbons (Fsp3) is 0.500. The molecule has 2 aliphatic heterocycles. The first-order valence-corrected chi connectivity index (χ1v) is 8.60. The lowest BCUT2D eigenvalue weighted by molar-refractivity contribution is -0.219. The fourth-order valence-corrected chi connectivity index (χ4v) is 3.52. The van der Waals surface area contributed by atoms with Crippen LogP contribution in [0.5, 0.6) is 5.75 Å². The maximum absolute atomic E-state index is 11.0. The minimum Gasteiger partial charge on any atom is -0.497 e. The van der Waals surface area contributed by atoms with E-state index in [1.54, 1.807) is 18.0 Å². The summed E-state index contributed by atoms with van der Waals surface area (Å²) < 4.78 is 19.1. The molecule has 7 nitrogen and oxygen atoms in total. The van der Waals surface area contributed by atoms with Crippen molar-refractivity contribution in [2.75, 3.05) is 13.7 Å². The van der Waals surface area contributed by atoms with Gasteiger partial charge >= 0.3 is 0 Å². The molecule has 2 fully saturated rings. The second-order valence-electron chi connectivity index (χ2n) is 6.14. The van der Waals surface area contributed by atoms with Gasteiger partial charge in [-0.05, 0) is 36.6 Å². The number of methoxy groups -OCH3 is 1. The maximum atomic E-state index is 11.0. The summed E-state index contributed by atoms with van der Waals surface area (Å²) in [7, 11) is 1.63. The fourth-order valence-electron chi connectivity index (χ4n) is 3.15. The van der Waals surface area contributed by atoms with Crippen LogP contribution in [0.1, 0.15) is 24.1 Å². The Kier molecular flexibility index (Phi) is 4.07. The van der Waals surface area contributed by atoms with Crippen LogP contribution in [0, 0.1) is 0 Å². The molecule has 2 aromatic rings. The first-order chi connectivity index (χ1) is 11.6. The van der Waals surface area contributed by atoms with E-state index in [0.717, 1.165) is 22.2 Å². The molecule has 128 valence electrons. The normalized spacial score (nSPS) is 29.0. The lowest BCUT2D eigenvalue weighted by Gasteiger charge is -2.34. The van der Waals surface area contributed by atoms with E-state index in [9.17, 15) is 5.11 Å². The molecule has 4 rings (SSSR count). The van der Waals surface area contributed by atoms with Gasteiger partial charge in [-0.2, -0.15) is 0 Å². The van der Waals surface area contributed by atoms with Crippen molar-refractivity contribution in [3.8, 4) is 5.75 Å². The third-order valence-corrected chi connectivity index (χ3v) is 5.33. The van der Waals surface area contributed by atoms with Crippen molar-refractivity contribution in [1.29, 1.82) is 0 Å². The predicted molar refractivity (Wildman–Crippen MR) is 87.6 cm³/mol. The van der Waals surface area contributed by atoms with Crippen molar-refractivity contribution in [2.45, 2.75) is 37.4 Å². The molecule has 1 aromatic heterocycles. The number of rotatable bonds is 4. The van der Waals surface area contributed by atoms with Crippen molar-refractivity contribution in [3.63, 3.8) is 0 Å². The highest BCUT2D eigenvalue weighted by atomic mass is 79.9. The van der Waals surface area contributed by atoms with Crippen molar-refractivity contribution in [2.24, 2.45) is 0 Å². The van der Waals surface area contributed by atoms with Crippen LogP contribution >= 0.6 is 15.9 Å². The number of fused-ring (bicyclic) bond motifs is 2. The van der Waals surface area contributed by atoms with Crippen LogP contribution in [0.3, 0.4) is 0 Å². The van der Waals surface area contributed by atoms with Crippen LogP contribution < -0.4 is 4.74 Å². The van der Waals surface area contributed by atoms with Crippen molar-refractivity contribution >= 4 is 15.9 Å². The average molecular weight is 396 g/mol. The van der Waals surface area contributed by atoms with Crippen LogP contribution in [-0.2, 0) is 21.6 Å². The summed E-state index contributed by atoms with van der Waals surface area (Å²) in [4.78, 5) is 0. The summed E-state index contributed by atoms with van der Waals surface area (Å²) in [6.45, 7) is 1.04. The maximum Gasteiger partial charge on any atom is 0.192 e. The van der Waals surface area contributed by atoms with Gasteiger partial charge in [0.1, 0.15) is 11.4 Å². The van der Waals surface area contributed by atoms with Crippen LogP contribution in [0.2, 0.25) is 0 Å². The Hall–Kier alpha value is -1.48. The zero-order valence-corrected chi connectivity index (χ0v) is 14.8. The van der Waals surface area contributed by atoms with Gasteiger partial charge in [-0.25, -0.2) is 4.68 Å². The second kappa shape index (κ2) is 6.11. The highest BCUT2D eigenvalue weighted by Crippen LogP contribution is 2.40. The lowest BCUT2D eigenvalue weighted by Crippen LogP contribution is -2.44. The number of benzene rings is 1. The topological polar surface area (TPSA) is 78.6 Å². The summed E-state index contributed by atoms with van der Waals surface area (Å²) in [5.74, 6) is 0.776. The molecule has 0 radical (unpaired) electrons. The number of nitrogens with zero attached hydrogens (tertiary/aromatic N) is 3. The molecule has 2 bridgehead atoms. The van der Waals surface area contributed by atoms with Gasteiger partial charge in [0, 0.05) is 4.47 Å². The van der Waals surface area contributed by atoms with E-state index in [1.807, 2.05) is 18.2 Å². The van der Waals surface area contributed by atoms with E-state index in [0.29, 0.717) is 25.3 Å². The number of hydrogen-bond acceptors (Lipinski definition) is 6. The van der Waals surface area contributed by atoms with Gasteiger partial charge in [0.15, 0.2) is 11.9 Å². The highest BCUT2D eigenvalue weighted by Gasteiger charge is 2.51. The summed E-state index contributed by atoms with van der Waals surface area (Å²) >= 11 is 3.53. The zero-order chi connectivity index (χ0) is 16.7. The first-order valence-electron chi connectivity index (χ1n) is 7.81. The van der Waals surface area contributed by atoms with Crippen LogP contribution in [0.15, 0.2) is 28.9 Å². The van der Waals surface area contributed by atoms with Gasteiger partial charge in [0.2, 0.25) is 0 Å². The van der Waals surface area contributed by atoms with E-state index < -0.39 is 11.9 Å². The molecule has 2 saturated heterocycles. The molecule has 0 aliphatic carbocycles. The Morgan fingerprint density at radius 1 is 1.50 bits per heavy atom. The van der Waals surface area contributed by atoms with Crippen molar-refractivity contribution in [1.82, 2.24) is 15.0 Å². The third kappa shape index (κ3) is 2.73. The zero-order valence-electron chi connectivity index (χ0n) is 13.2. The SMILES string of the molecule is COc1ccc(Br)c(Cn2cc(C3(O)CC[C@H]4CO[C@@H]3O4)nn2)c1. The van der Waals surface area contributed by atoms with Crippen LogP contribution in [-0.4, -0.2) is 46.2 Å². The number of hydrogen-bond donors (Lipinski definition) is 1. The number of aromatic nitrogens is 3. The van der Waals surface area contributed by atoms with Crippen LogP contribution in [0.4, 0.5) is 0 Å². The average Bonchev–Trinajstić information content (AvgIpc) is 3.22.